The van der Waals surface area contributed by atoms with Crippen LogP contribution in [0.5, 0.6) is 0 Å². The zero-order valence-electron chi connectivity index (χ0n) is 9.74. The van der Waals surface area contributed by atoms with Gasteiger partial charge in [-0.1, -0.05) is 0 Å². The molecule has 1 aromatic carbocycles. The maximum Gasteiger partial charge on any atom is 0.190 e. The van der Waals surface area contributed by atoms with Gasteiger partial charge in [-0.05, 0) is 36.0 Å². The van der Waals surface area contributed by atoms with Crippen LogP contribution >= 0.6 is 11.8 Å². The Labute approximate surface area is 108 Å². The molecule has 2 heterocycles. The second kappa shape index (κ2) is 4.30. The van der Waals surface area contributed by atoms with Crippen molar-refractivity contribution in [2.24, 2.45) is 7.05 Å². The van der Waals surface area contributed by atoms with Crippen molar-refractivity contribution in [3.63, 3.8) is 0 Å². The van der Waals surface area contributed by atoms with Crippen LogP contribution in [0.15, 0.2) is 46.8 Å². The molecule has 0 spiro atoms. The van der Waals surface area contributed by atoms with Crippen LogP contribution in [0.1, 0.15) is 0 Å². The number of pyridine rings is 1. The lowest BCUT2D eigenvalue weighted by Crippen LogP contribution is -1.95. The normalized spacial score (nSPS) is 10.9. The average molecular weight is 257 g/mol. The molecule has 3 aromatic rings. The molecule has 2 N–H and O–H groups in total. The van der Waals surface area contributed by atoms with E-state index in [-0.39, 0.29) is 0 Å². The molecule has 2 aromatic heterocycles. The summed E-state index contributed by atoms with van der Waals surface area (Å²) < 4.78 is 1.72. The molecule has 0 saturated heterocycles. The van der Waals surface area contributed by atoms with Crippen LogP contribution in [0.3, 0.4) is 0 Å². The molecule has 0 aliphatic carbocycles. The first-order chi connectivity index (χ1) is 8.75. The number of rotatable bonds is 2. The van der Waals surface area contributed by atoms with Gasteiger partial charge >= 0.3 is 0 Å². The predicted molar refractivity (Wildman–Crippen MR) is 71.3 cm³/mol. The fraction of sp³-hybridized carbons (Fsp3) is 0.0833. The number of nitrogen functional groups attached to an aromatic ring is 1. The van der Waals surface area contributed by atoms with Crippen LogP contribution < -0.4 is 5.73 Å². The van der Waals surface area contributed by atoms with E-state index in [1.807, 2.05) is 31.3 Å². The minimum atomic E-state index is 0.730. The second-order valence-corrected chi connectivity index (χ2v) is 4.82. The van der Waals surface area contributed by atoms with E-state index in [1.54, 1.807) is 10.9 Å². The maximum atomic E-state index is 6.17. The molecule has 0 aliphatic heterocycles. The summed E-state index contributed by atoms with van der Waals surface area (Å²) in [5.41, 5.74) is 7.80. The first kappa shape index (κ1) is 11.0. The zero-order valence-corrected chi connectivity index (χ0v) is 10.6. The Morgan fingerprint density at radius 3 is 2.89 bits per heavy atom. The van der Waals surface area contributed by atoms with E-state index in [0.29, 0.717) is 0 Å². The van der Waals surface area contributed by atoms with Crippen LogP contribution in [-0.2, 0) is 7.05 Å². The fourth-order valence-corrected chi connectivity index (χ4v) is 2.55. The molecule has 0 amide bonds. The number of aryl methyl sites for hydroxylation is 1. The lowest BCUT2D eigenvalue weighted by molar-refractivity contribution is 0.685. The Balaban J connectivity index is 2.08. The van der Waals surface area contributed by atoms with Crippen molar-refractivity contribution in [1.29, 1.82) is 0 Å². The number of fused-ring (bicyclic) bond motifs is 1. The van der Waals surface area contributed by atoms with Gasteiger partial charge in [-0.25, -0.2) is 9.67 Å². The van der Waals surface area contributed by atoms with Gasteiger partial charge in [-0.3, -0.25) is 4.98 Å². The highest BCUT2D eigenvalue weighted by molar-refractivity contribution is 7.99. The topological polar surface area (TPSA) is 69.6 Å². The van der Waals surface area contributed by atoms with E-state index in [4.69, 9.17) is 5.73 Å². The Bertz CT molecular complexity index is 707. The van der Waals surface area contributed by atoms with Gasteiger partial charge in [0.1, 0.15) is 6.33 Å². The third-order valence-corrected chi connectivity index (χ3v) is 3.79. The lowest BCUT2D eigenvalue weighted by Gasteiger charge is -2.07. The van der Waals surface area contributed by atoms with Crippen LogP contribution in [-0.4, -0.2) is 19.7 Å². The lowest BCUT2D eigenvalue weighted by atomic mass is 10.2. The number of aromatic nitrogens is 4. The molecule has 0 aliphatic rings. The molecular formula is C12H11N5S. The summed E-state index contributed by atoms with van der Waals surface area (Å²) >= 11 is 1.50. The first-order valence-corrected chi connectivity index (χ1v) is 6.22. The minimum absolute atomic E-state index is 0.730. The Morgan fingerprint density at radius 1 is 1.22 bits per heavy atom. The molecule has 0 radical (unpaired) electrons. The van der Waals surface area contributed by atoms with Crippen LogP contribution in [0.4, 0.5) is 5.69 Å². The number of hydrogen-bond acceptors (Lipinski definition) is 5. The fourth-order valence-electron chi connectivity index (χ4n) is 1.72. The van der Waals surface area contributed by atoms with Crippen molar-refractivity contribution in [2.45, 2.75) is 10.1 Å². The molecule has 6 heteroatoms. The molecule has 0 bridgehead atoms. The van der Waals surface area contributed by atoms with Gasteiger partial charge in [-0.15, -0.1) is 0 Å². The van der Waals surface area contributed by atoms with Crippen molar-refractivity contribution in [3.05, 3.63) is 36.8 Å². The Morgan fingerprint density at radius 2 is 2.11 bits per heavy atom. The number of benzene rings is 1. The van der Waals surface area contributed by atoms with Gasteiger partial charge in [0.2, 0.25) is 0 Å². The van der Waals surface area contributed by atoms with E-state index in [1.165, 1.54) is 18.1 Å². The maximum absolute atomic E-state index is 6.17. The Hall–Kier alpha value is -2.08. The first-order valence-electron chi connectivity index (χ1n) is 5.41. The monoisotopic (exact) mass is 257 g/mol. The highest BCUT2D eigenvalue weighted by atomic mass is 32.2. The van der Waals surface area contributed by atoms with E-state index in [9.17, 15) is 0 Å². The summed E-state index contributed by atoms with van der Waals surface area (Å²) in [4.78, 5) is 9.42. The van der Waals surface area contributed by atoms with Crippen molar-refractivity contribution >= 4 is 28.4 Å². The quantitative estimate of drug-likeness (QED) is 0.712. The van der Waals surface area contributed by atoms with Crippen LogP contribution in [0.2, 0.25) is 0 Å². The molecule has 90 valence electrons. The van der Waals surface area contributed by atoms with Gasteiger partial charge in [0.05, 0.1) is 11.2 Å². The number of nitrogens with zero attached hydrogens (tertiary/aromatic N) is 4. The number of anilines is 1. The third-order valence-electron chi connectivity index (χ3n) is 2.66. The smallest absolute Gasteiger partial charge is 0.190 e. The summed E-state index contributed by atoms with van der Waals surface area (Å²) in [5.74, 6) is 0. The van der Waals surface area contributed by atoms with Crippen LogP contribution in [0.25, 0.3) is 10.9 Å². The van der Waals surface area contributed by atoms with Crippen LogP contribution in [0, 0.1) is 0 Å². The van der Waals surface area contributed by atoms with Gasteiger partial charge in [-0.2, -0.15) is 5.10 Å². The molecule has 5 nitrogen and oxygen atoms in total. The largest absolute Gasteiger partial charge is 0.397 e. The summed E-state index contributed by atoms with van der Waals surface area (Å²) in [6, 6.07) is 7.78. The summed E-state index contributed by atoms with van der Waals surface area (Å²) in [5, 5.41) is 5.81. The van der Waals surface area contributed by atoms with Gasteiger partial charge < -0.3 is 5.73 Å². The Kier molecular flexibility index (Phi) is 2.64. The summed E-state index contributed by atoms with van der Waals surface area (Å²) in [6.45, 7) is 0. The van der Waals surface area contributed by atoms with Crippen molar-refractivity contribution in [1.82, 2.24) is 19.7 Å². The summed E-state index contributed by atoms with van der Waals surface area (Å²) in [6.07, 6.45) is 3.29. The predicted octanol–water partition coefficient (Wildman–Crippen LogP) is 2.10. The van der Waals surface area contributed by atoms with Gasteiger partial charge in [0.25, 0.3) is 0 Å². The third kappa shape index (κ3) is 1.80. The molecule has 3 rings (SSSR count). The van der Waals surface area contributed by atoms with E-state index >= 15 is 0 Å². The van der Waals surface area contributed by atoms with E-state index < -0.39 is 0 Å². The summed E-state index contributed by atoms with van der Waals surface area (Å²) in [7, 11) is 1.86. The van der Waals surface area contributed by atoms with Crippen molar-refractivity contribution < 1.29 is 0 Å². The molecule has 0 fully saturated rings. The molecule has 0 saturated carbocycles. The van der Waals surface area contributed by atoms with Gasteiger partial charge in [0, 0.05) is 23.5 Å². The highest BCUT2D eigenvalue weighted by Gasteiger charge is 2.09. The number of hydrogen-bond donors (Lipinski definition) is 1. The molecular weight excluding hydrogens is 246 g/mol. The average Bonchev–Trinajstić information content (AvgIpc) is 2.79. The van der Waals surface area contributed by atoms with E-state index in [0.717, 1.165) is 26.6 Å². The number of nitrogens with two attached hydrogens (primary N) is 1. The highest BCUT2D eigenvalue weighted by Crippen LogP contribution is 2.34. The second-order valence-electron chi connectivity index (χ2n) is 3.82. The molecule has 0 atom stereocenters. The molecule has 0 unspecified atom stereocenters. The standard InChI is InChI=1S/C12H11N5S/c1-17-12(15-7-16-17)18-10-5-4-9-8(11(10)13)3-2-6-14-9/h2-7H,13H2,1H3. The molecule has 18 heavy (non-hydrogen) atoms. The SMILES string of the molecule is Cn1ncnc1Sc1ccc2ncccc2c1N. The minimum Gasteiger partial charge on any atom is -0.397 e. The van der Waals surface area contributed by atoms with E-state index in [2.05, 4.69) is 15.1 Å². The van der Waals surface area contributed by atoms with Gasteiger partial charge in [0.15, 0.2) is 5.16 Å². The van der Waals surface area contributed by atoms with Crippen molar-refractivity contribution in [2.75, 3.05) is 5.73 Å². The van der Waals surface area contributed by atoms with Crippen molar-refractivity contribution in [3.8, 4) is 0 Å². The zero-order chi connectivity index (χ0) is 12.5.